The number of aliphatic imine (C=N–C) groups is 1. The Balaban J connectivity index is 1.91. The van der Waals surface area contributed by atoms with Gasteiger partial charge >= 0.3 is 5.97 Å². The first kappa shape index (κ1) is 21.1. The van der Waals surface area contributed by atoms with Crippen molar-refractivity contribution in [3.63, 3.8) is 0 Å². The van der Waals surface area contributed by atoms with Crippen LogP contribution >= 0.6 is 0 Å². The first-order valence-corrected chi connectivity index (χ1v) is 8.62. The maximum absolute atomic E-state index is 13.1. The van der Waals surface area contributed by atoms with Crippen molar-refractivity contribution in [1.82, 2.24) is 16.0 Å². The molecule has 10 nitrogen and oxygen atoms in total. The fraction of sp³-hybridized carbons (Fsp3) is 0.412. The Labute approximate surface area is 160 Å². The fourth-order valence-electron chi connectivity index (χ4n) is 2.27. The SMILES string of the molecule is C[C@@H](NC(=O)c1cccc(NC2=NCC(F)CN2)c1)C(=O)NC[C@H](N)C(=O)O. The van der Waals surface area contributed by atoms with Crippen LogP contribution in [-0.4, -0.2) is 66.7 Å². The molecule has 2 amide bonds. The van der Waals surface area contributed by atoms with E-state index in [1.807, 2.05) is 0 Å². The quantitative estimate of drug-likeness (QED) is 0.348. The Morgan fingerprint density at radius 3 is 2.82 bits per heavy atom. The summed E-state index contributed by atoms with van der Waals surface area (Å²) in [5.74, 6) is -1.87. The number of rotatable bonds is 7. The number of hydrogen-bond acceptors (Lipinski definition) is 7. The second kappa shape index (κ2) is 9.65. The van der Waals surface area contributed by atoms with E-state index in [4.69, 9.17) is 10.8 Å². The number of nitrogens with one attached hydrogen (secondary N) is 4. The smallest absolute Gasteiger partial charge is 0.322 e. The lowest BCUT2D eigenvalue weighted by Crippen LogP contribution is -2.49. The summed E-state index contributed by atoms with van der Waals surface area (Å²) in [6.45, 7) is 1.44. The molecule has 0 saturated carbocycles. The lowest BCUT2D eigenvalue weighted by atomic mass is 10.1. The number of halogens is 1. The van der Waals surface area contributed by atoms with Gasteiger partial charge in [-0.25, -0.2) is 9.38 Å². The van der Waals surface area contributed by atoms with E-state index in [1.165, 1.54) is 6.92 Å². The molecule has 3 atom stereocenters. The lowest BCUT2D eigenvalue weighted by molar-refractivity contribution is -0.138. The minimum atomic E-state index is -1.24. The van der Waals surface area contributed by atoms with Crippen LogP contribution in [-0.2, 0) is 9.59 Å². The van der Waals surface area contributed by atoms with Crippen LogP contribution in [0.1, 0.15) is 17.3 Å². The summed E-state index contributed by atoms with van der Waals surface area (Å²) in [6, 6.07) is 4.38. The van der Waals surface area contributed by atoms with Crippen LogP contribution in [0, 0.1) is 0 Å². The predicted molar refractivity (Wildman–Crippen MR) is 101 cm³/mol. The number of carboxylic acid groups (broad SMARTS) is 1. The van der Waals surface area contributed by atoms with Crippen molar-refractivity contribution in [1.29, 1.82) is 0 Å². The topological polar surface area (TPSA) is 158 Å². The summed E-state index contributed by atoms with van der Waals surface area (Å²) in [6.07, 6.45) is -1.03. The normalized spacial score (nSPS) is 18.1. The number of hydrogen-bond donors (Lipinski definition) is 6. The highest BCUT2D eigenvalue weighted by molar-refractivity contribution is 6.00. The number of nitrogens with zero attached hydrogens (tertiary/aromatic N) is 1. The predicted octanol–water partition coefficient (Wildman–Crippen LogP) is -0.958. The number of carboxylic acids is 1. The first-order valence-electron chi connectivity index (χ1n) is 8.62. The number of carbonyl (C=O) groups is 3. The summed E-state index contributed by atoms with van der Waals surface area (Å²) >= 11 is 0. The van der Waals surface area contributed by atoms with Crippen molar-refractivity contribution in [2.75, 3.05) is 25.0 Å². The molecular weight excluding hydrogens is 371 g/mol. The molecule has 2 rings (SSSR count). The van der Waals surface area contributed by atoms with Gasteiger partial charge in [0.25, 0.3) is 5.91 Å². The molecule has 1 aliphatic heterocycles. The standard InChI is InChI=1S/C17H23FN6O4/c1-9(14(25)20-8-13(19)16(27)28)23-15(26)10-3-2-4-12(5-10)24-17-21-6-11(18)7-22-17/h2-5,9,11,13H,6-8,19H2,1H3,(H,20,25)(H,23,26)(H,27,28)(H2,21,22,24)/t9-,13+/m1/s1. The molecule has 0 radical (unpaired) electrons. The highest BCUT2D eigenvalue weighted by Crippen LogP contribution is 2.11. The van der Waals surface area contributed by atoms with Crippen molar-refractivity contribution >= 4 is 29.4 Å². The summed E-state index contributed by atoms with van der Waals surface area (Å²) in [4.78, 5) is 39.0. The van der Waals surface area contributed by atoms with Crippen molar-refractivity contribution in [3.8, 4) is 0 Å². The van der Waals surface area contributed by atoms with Gasteiger partial charge in [0.2, 0.25) is 5.91 Å². The zero-order valence-corrected chi connectivity index (χ0v) is 15.2. The Morgan fingerprint density at radius 1 is 1.43 bits per heavy atom. The summed E-state index contributed by atoms with van der Waals surface area (Å²) in [5, 5.41) is 19.3. The van der Waals surface area contributed by atoms with Gasteiger partial charge in [-0.15, -0.1) is 0 Å². The Kier molecular flexibility index (Phi) is 7.27. The molecule has 1 aromatic rings. The van der Waals surface area contributed by atoms with Gasteiger partial charge in [0.15, 0.2) is 5.96 Å². The number of carbonyl (C=O) groups excluding carboxylic acids is 2. The van der Waals surface area contributed by atoms with E-state index >= 15 is 0 Å². The number of amides is 2. The molecule has 7 N–H and O–H groups in total. The van der Waals surface area contributed by atoms with Crippen LogP contribution in [0.2, 0.25) is 0 Å². The first-order chi connectivity index (χ1) is 13.3. The number of guanidine groups is 1. The van der Waals surface area contributed by atoms with E-state index in [0.29, 0.717) is 17.2 Å². The Bertz CT molecular complexity index is 772. The molecule has 0 spiro atoms. The lowest BCUT2D eigenvalue weighted by Gasteiger charge is -2.19. The third-order valence-electron chi connectivity index (χ3n) is 3.88. The van der Waals surface area contributed by atoms with E-state index < -0.39 is 36.0 Å². The van der Waals surface area contributed by atoms with Gasteiger partial charge in [0, 0.05) is 17.8 Å². The maximum Gasteiger partial charge on any atom is 0.322 e. The molecule has 11 heteroatoms. The zero-order valence-electron chi connectivity index (χ0n) is 15.2. The monoisotopic (exact) mass is 394 g/mol. The number of alkyl halides is 1. The molecule has 152 valence electrons. The van der Waals surface area contributed by atoms with Crippen molar-refractivity contribution in [2.45, 2.75) is 25.2 Å². The molecule has 0 fully saturated rings. The number of benzene rings is 1. The third kappa shape index (κ3) is 6.20. The minimum absolute atomic E-state index is 0.0632. The van der Waals surface area contributed by atoms with Crippen LogP contribution in [0.5, 0.6) is 0 Å². The van der Waals surface area contributed by atoms with Crippen LogP contribution in [0.25, 0.3) is 0 Å². The Morgan fingerprint density at radius 2 is 2.18 bits per heavy atom. The van der Waals surface area contributed by atoms with Crippen LogP contribution in [0.15, 0.2) is 29.3 Å². The van der Waals surface area contributed by atoms with Crippen molar-refractivity contribution < 1.29 is 23.9 Å². The van der Waals surface area contributed by atoms with E-state index in [-0.39, 0.29) is 19.6 Å². The summed E-state index contributed by atoms with van der Waals surface area (Å²) < 4.78 is 13.1. The molecule has 0 saturated heterocycles. The molecule has 1 unspecified atom stereocenters. The van der Waals surface area contributed by atoms with E-state index in [0.717, 1.165) is 0 Å². The van der Waals surface area contributed by atoms with Gasteiger partial charge in [0.05, 0.1) is 13.1 Å². The van der Waals surface area contributed by atoms with Gasteiger partial charge in [-0.05, 0) is 25.1 Å². The molecule has 1 heterocycles. The molecule has 1 aliphatic rings. The van der Waals surface area contributed by atoms with Crippen LogP contribution in [0.3, 0.4) is 0 Å². The number of aliphatic carboxylic acids is 1. The van der Waals surface area contributed by atoms with Crippen molar-refractivity contribution in [2.24, 2.45) is 10.7 Å². The molecule has 28 heavy (non-hydrogen) atoms. The largest absolute Gasteiger partial charge is 0.480 e. The van der Waals surface area contributed by atoms with Gasteiger partial charge in [-0.3, -0.25) is 14.4 Å². The number of anilines is 1. The van der Waals surface area contributed by atoms with Gasteiger partial charge < -0.3 is 32.1 Å². The zero-order chi connectivity index (χ0) is 20.7. The van der Waals surface area contributed by atoms with E-state index in [2.05, 4.69) is 26.3 Å². The average Bonchev–Trinajstić information content (AvgIpc) is 2.67. The minimum Gasteiger partial charge on any atom is -0.480 e. The van der Waals surface area contributed by atoms with Gasteiger partial charge in [-0.1, -0.05) is 6.07 Å². The molecule has 0 aliphatic carbocycles. The molecular formula is C17H23FN6O4. The fourth-order valence-corrected chi connectivity index (χ4v) is 2.27. The second-order valence-electron chi connectivity index (χ2n) is 6.26. The van der Waals surface area contributed by atoms with Gasteiger partial charge in [-0.2, -0.15) is 0 Å². The van der Waals surface area contributed by atoms with Gasteiger partial charge in [0.1, 0.15) is 18.3 Å². The van der Waals surface area contributed by atoms with Crippen LogP contribution < -0.4 is 27.0 Å². The number of nitrogens with two attached hydrogens (primary N) is 1. The highest BCUT2D eigenvalue weighted by Gasteiger charge is 2.19. The Hall–Kier alpha value is -3.21. The third-order valence-corrected chi connectivity index (χ3v) is 3.88. The highest BCUT2D eigenvalue weighted by atomic mass is 19.1. The van der Waals surface area contributed by atoms with Crippen molar-refractivity contribution in [3.05, 3.63) is 29.8 Å². The summed E-state index contributed by atoms with van der Waals surface area (Å²) in [7, 11) is 0. The molecule has 0 aromatic heterocycles. The van der Waals surface area contributed by atoms with E-state index in [9.17, 15) is 18.8 Å². The maximum atomic E-state index is 13.1. The summed E-state index contributed by atoms with van der Waals surface area (Å²) in [5.41, 5.74) is 6.18. The molecule has 0 bridgehead atoms. The van der Waals surface area contributed by atoms with E-state index in [1.54, 1.807) is 24.3 Å². The van der Waals surface area contributed by atoms with Crippen LogP contribution in [0.4, 0.5) is 10.1 Å². The average molecular weight is 394 g/mol. The second-order valence-corrected chi connectivity index (χ2v) is 6.26. The molecule has 1 aromatic carbocycles.